The molecule has 3 heteroatoms. The molecule has 0 atom stereocenters. The minimum absolute atomic E-state index is 0.158. The van der Waals surface area contributed by atoms with Gasteiger partial charge in [-0.05, 0) is 43.0 Å². The number of methoxy groups -OCH3 is 1. The fraction of sp³-hybridized carbons (Fsp3) is 0.500. The first kappa shape index (κ1) is 12.5. The van der Waals surface area contributed by atoms with Crippen LogP contribution in [-0.4, -0.2) is 18.6 Å². The number of aromatic nitrogens is 1. The van der Waals surface area contributed by atoms with Gasteiger partial charge in [-0.15, -0.1) is 0 Å². The smallest absolute Gasteiger partial charge is 0.143 e. The Bertz CT molecular complexity index is 594. The zero-order valence-corrected chi connectivity index (χ0v) is 11.8. The Morgan fingerprint density at radius 3 is 2.68 bits per heavy atom. The number of hydrogen-bond acceptors (Lipinski definition) is 2. The van der Waals surface area contributed by atoms with E-state index in [1.54, 1.807) is 7.11 Å². The molecule has 1 aromatic heterocycles. The van der Waals surface area contributed by atoms with Crippen LogP contribution < -0.4 is 10.5 Å². The molecule has 0 bridgehead atoms. The fourth-order valence-corrected chi connectivity index (χ4v) is 3.46. The van der Waals surface area contributed by atoms with Crippen LogP contribution in [0.3, 0.4) is 0 Å². The van der Waals surface area contributed by atoms with E-state index in [1.807, 2.05) is 6.20 Å². The van der Waals surface area contributed by atoms with Crippen molar-refractivity contribution in [1.82, 2.24) is 4.98 Å². The largest absolute Gasteiger partial charge is 0.495 e. The van der Waals surface area contributed by atoms with E-state index in [1.165, 1.54) is 42.2 Å². The van der Waals surface area contributed by atoms with Crippen molar-refractivity contribution in [3.63, 3.8) is 0 Å². The van der Waals surface area contributed by atoms with Crippen molar-refractivity contribution in [2.24, 2.45) is 5.73 Å². The van der Waals surface area contributed by atoms with Crippen molar-refractivity contribution >= 4 is 10.9 Å². The summed E-state index contributed by atoms with van der Waals surface area (Å²) in [7, 11) is 1.73. The zero-order valence-electron chi connectivity index (χ0n) is 11.8. The summed E-state index contributed by atoms with van der Waals surface area (Å²) in [6.07, 6.45) is 7.00. The molecule has 102 valence electrons. The van der Waals surface area contributed by atoms with Crippen LogP contribution in [0.15, 0.2) is 18.3 Å². The Hall–Kier alpha value is -1.48. The third-order valence-corrected chi connectivity index (χ3v) is 4.74. The number of nitrogens with one attached hydrogen (secondary N) is 1. The van der Waals surface area contributed by atoms with Crippen LogP contribution in [0, 0.1) is 6.92 Å². The Morgan fingerprint density at radius 2 is 2.05 bits per heavy atom. The van der Waals surface area contributed by atoms with Crippen LogP contribution in [0.1, 0.15) is 36.8 Å². The van der Waals surface area contributed by atoms with Gasteiger partial charge >= 0.3 is 0 Å². The molecule has 3 N–H and O–H groups in total. The summed E-state index contributed by atoms with van der Waals surface area (Å²) in [4.78, 5) is 3.30. The van der Waals surface area contributed by atoms with Gasteiger partial charge in [0.15, 0.2) is 0 Å². The van der Waals surface area contributed by atoms with E-state index in [9.17, 15) is 0 Å². The summed E-state index contributed by atoms with van der Waals surface area (Å²) in [5.74, 6) is 0.931. The molecule has 3 nitrogen and oxygen atoms in total. The molecule has 0 saturated heterocycles. The van der Waals surface area contributed by atoms with Gasteiger partial charge in [0.25, 0.3) is 0 Å². The SMILES string of the molecule is COc1cc(C2(CN)CCCC2)cc2c(C)c[nH]c12. The molecular formula is C16H22N2O. The van der Waals surface area contributed by atoms with E-state index in [0.29, 0.717) is 0 Å². The van der Waals surface area contributed by atoms with E-state index in [0.717, 1.165) is 17.8 Å². The molecule has 1 heterocycles. The van der Waals surface area contributed by atoms with Crippen LogP contribution in [0.25, 0.3) is 10.9 Å². The van der Waals surface area contributed by atoms with Gasteiger partial charge in [0.1, 0.15) is 5.75 Å². The summed E-state index contributed by atoms with van der Waals surface area (Å²) >= 11 is 0. The number of ether oxygens (including phenoxy) is 1. The van der Waals surface area contributed by atoms with Crippen molar-refractivity contribution in [3.8, 4) is 5.75 Å². The molecule has 0 unspecified atom stereocenters. The quantitative estimate of drug-likeness (QED) is 0.888. The van der Waals surface area contributed by atoms with Crippen LogP contribution >= 0.6 is 0 Å². The van der Waals surface area contributed by atoms with Crippen LogP contribution in [0.2, 0.25) is 0 Å². The lowest BCUT2D eigenvalue weighted by Crippen LogP contribution is -2.32. The highest BCUT2D eigenvalue weighted by Crippen LogP contribution is 2.43. The monoisotopic (exact) mass is 258 g/mol. The summed E-state index contributed by atoms with van der Waals surface area (Å²) in [6, 6.07) is 4.48. The topological polar surface area (TPSA) is 51.0 Å². The lowest BCUT2D eigenvalue weighted by atomic mass is 9.78. The standard InChI is InChI=1S/C16H22N2O/c1-11-9-18-15-13(11)7-12(8-14(15)19-2)16(10-17)5-3-4-6-16/h7-9,18H,3-6,10,17H2,1-2H3. The summed E-state index contributed by atoms with van der Waals surface area (Å²) < 4.78 is 5.56. The third kappa shape index (κ3) is 1.84. The highest BCUT2D eigenvalue weighted by Gasteiger charge is 2.35. The molecule has 1 aliphatic carbocycles. The molecule has 0 radical (unpaired) electrons. The van der Waals surface area contributed by atoms with E-state index < -0.39 is 0 Å². The molecule has 1 aromatic carbocycles. The lowest BCUT2D eigenvalue weighted by molar-refractivity contribution is 0.412. The molecule has 1 aliphatic rings. The van der Waals surface area contributed by atoms with Gasteiger partial charge in [-0.1, -0.05) is 12.8 Å². The molecule has 0 spiro atoms. The molecule has 0 amide bonds. The van der Waals surface area contributed by atoms with Gasteiger partial charge in [-0.2, -0.15) is 0 Å². The first-order chi connectivity index (χ1) is 9.20. The van der Waals surface area contributed by atoms with E-state index in [2.05, 4.69) is 24.0 Å². The number of benzene rings is 1. The predicted molar refractivity (Wildman–Crippen MR) is 78.8 cm³/mol. The van der Waals surface area contributed by atoms with Gasteiger partial charge < -0.3 is 15.5 Å². The van der Waals surface area contributed by atoms with E-state index in [-0.39, 0.29) is 5.41 Å². The number of aryl methyl sites for hydroxylation is 1. The molecule has 19 heavy (non-hydrogen) atoms. The minimum atomic E-state index is 0.158. The molecular weight excluding hydrogens is 236 g/mol. The number of aromatic amines is 1. The Morgan fingerprint density at radius 1 is 1.32 bits per heavy atom. The molecule has 2 aromatic rings. The Kier molecular flexibility index (Phi) is 3.02. The number of rotatable bonds is 3. The maximum atomic E-state index is 6.10. The maximum Gasteiger partial charge on any atom is 0.143 e. The summed E-state index contributed by atoms with van der Waals surface area (Å²) in [5.41, 5.74) is 9.96. The second-order valence-electron chi connectivity index (χ2n) is 5.76. The second kappa shape index (κ2) is 4.57. The fourth-order valence-electron chi connectivity index (χ4n) is 3.46. The van der Waals surface area contributed by atoms with Gasteiger partial charge in [0.05, 0.1) is 12.6 Å². The first-order valence-corrected chi connectivity index (χ1v) is 7.06. The zero-order chi connectivity index (χ0) is 13.5. The van der Waals surface area contributed by atoms with Crippen molar-refractivity contribution < 1.29 is 4.74 Å². The maximum absolute atomic E-state index is 6.10. The van der Waals surface area contributed by atoms with Gasteiger partial charge in [-0.3, -0.25) is 0 Å². The average molecular weight is 258 g/mol. The van der Waals surface area contributed by atoms with E-state index >= 15 is 0 Å². The summed E-state index contributed by atoms with van der Waals surface area (Å²) in [5, 5.41) is 1.26. The Labute approximate surface area is 114 Å². The van der Waals surface area contributed by atoms with Crippen LogP contribution in [0.5, 0.6) is 5.75 Å². The second-order valence-corrected chi connectivity index (χ2v) is 5.76. The van der Waals surface area contributed by atoms with Crippen molar-refractivity contribution in [3.05, 3.63) is 29.5 Å². The average Bonchev–Trinajstić information content (AvgIpc) is 3.06. The Balaban J connectivity index is 2.21. The highest BCUT2D eigenvalue weighted by molar-refractivity contribution is 5.89. The normalized spacial score (nSPS) is 18.1. The number of nitrogens with two attached hydrogens (primary N) is 1. The van der Waals surface area contributed by atoms with Crippen molar-refractivity contribution in [1.29, 1.82) is 0 Å². The first-order valence-electron chi connectivity index (χ1n) is 7.06. The number of fused-ring (bicyclic) bond motifs is 1. The number of hydrogen-bond donors (Lipinski definition) is 2. The van der Waals surface area contributed by atoms with Crippen molar-refractivity contribution in [2.75, 3.05) is 13.7 Å². The molecule has 3 rings (SSSR count). The molecule has 0 aliphatic heterocycles. The van der Waals surface area contributed by atoms with Crippen LogP contribution in [0.4, 0.5) is 0 Å². The molecule has 1 fully saturated rings. The third-order valence-electron chi connectivity index (χ3n) is 4.74. The van der Waals surface area contributed by atoms with Crippen LogP contribution in [-0.2, 0) is 5.41 Å². The lowest BCUT2D eigenvalue weighted by Gasteiger charge is -2.28. The minimum Gasteiger partial charge on any atom is -0.495 e. The van der Waals surface area contributed by atoms with Gasteiger partial charge in [0, 0.05) is 23.5 Å². The number of H-pyrrole nitrogens is 1. The highest BCUT2D eigenvalue weighted by atomic mass is 16.5. The molecule has 1 saturated carbocycles. The van der Waals surface area contributed by atoms with E-state index in [4.69, 9.17) is 10.5 Å². The van der Waals surface area contributed by atoms with Gasteiger partial charge in [0.2, 0.25) is 0 Å². The predicted octanol–water partition coefficient (Wildman–Crippen LogP) is 3.26. The summed E-state index contributed by atoms with van der Waals surface area (Å²) in [6.45, 7) is 2.86. The van der Waals surface area contributed by atoms with Crippen molar-refractivity contribution in [2.45, 2.75) is 38.0 Å². The van der Waals surface area contributed by atoms with Gasteiger partial charge in [-0.25, -0.2) is 0 Å².